The number of aryl methyl sites for hydroxylation is 2. The Kier molecular flexibility index (Phi) is 4.65. The molecule has 2 amide bonds. The molecule has 0 aliphatic carbocycles. The monoisotopic (exact) mass is 292 g/mol. The van der Waals surface area contributed by atoms with E-state index in [4.69, 9.17) is 0 Å². The number of rotatable bonds is 3. The van der Waals surface area contributed by atoms with Crippen LogP contribution < -0.4 is 5.32 Å². The molecule has 2 rings (SSSR count). The predicted octanol–water partition coefficient (Wildman–Crippen LogP) is 0.707. The lowest BCUT2D eigenvalue weighted by Crippen LogP contribution is -2.49. The molecule has 0 bridgehead atoms. The molecule has 1 aliphatic rings. The van der Waals surface area contributed by atoms with Crippen LogP contribution in [0.4, 0.5) is 0 Å². The van der Waals surface area contributed by atoms with Crippen molar-refractivity contribution < 1.29 is 9.59 Å². The van der Waals surface area contributed by atoms with Gasteiger partial charge in [0, 0.05) is 44.4 Å². The van der Waals surface area contributed by atoms with E-state index in [2.05, 4.69) is 10.4 Å². The SMILES string of the molecule is CC(=O)N[C@@H]1CCCN(C(=O)Cc2c(C)nn(C)c2C)C1. The lowest BCUT2D eigenvalue weighted by molar-refractivity contribution is -0.132. The zero-order valence-corrected chi connectivity index (χ0v) is 13.3. The predicted molar refractivity (Wildman–Crippen MR) is 79.8 cm³/mol. The van der Waals surface area contributed by atoms with E-state index in [0.717, 1.165) is 36.3 Å². The van der Waals surface area contributed by atoms with Crippen molar-refractivity contribution in [2.24, 2.45) is 7.05 Å². The maximum absolute atomic E-state index is 12.5. The summed E-state index contributed by atoms with van der Waals surface area (Å²) in [5, 5.41) is 7.26. The van der Waals surface area contributed by atoms with E-state index in [1.165, 1.54) is 6.92 Å². The maximum atomic E-state index is 12.5. The van der Waals surface area contributed by atoms with E-state index in [9.17, 15) is 9.59 Å². The summed E-state index contributed by atoms with van der Waals surface area (Å²) in [6.07, 6.45) is 2.26. The average molecular weight is 292 g/mol. The van der Waals surface area contributed by atoms with Crippen molar-refractivity contribution in [1.82, 2.24) is 20.0 Å². The van der Waals surface area contributed by atoms with Gasteiger partial charge in [-0.05, 0) is 26.7 Å². The number of carbonyl (C=O) groups excluding carboxylic acids is 2. The number of carbonyl (C=O) groups is 2. The number of hydrogen-bond donors (Lipinski definition) is 1. The highest BCUT2D eigenvalue weighted by atomic mass is 16.2. The van der Waals surface area contributed by atoms with Crippen LogP contribution in [0, 0.1) is 13.8 Å². The van der Waals surface area contributed by atoms with Crippen LogP contribution in [-0.2, 0) is 23.1 Å². The molecule has 0 radical (unpaired) electrons. The Morgan fingerprint density at radius 1 is 1.38 bits per heavy atom. The van der Waals surface area contributed by atoms with Gasteiger partial charge in [0.2, 0.25) is 11.8 Å². The van der Waals surface area contributed by atoms with E-state index in [-0.39, 0.29) is 17.9 Å². The minimum absolute atomic E-state index is 0.0340. The lowest BCUT2D eigenvalue weighted by atomic mass is 10.0. The first-order valence-corrected chi connectivity index (χ1v) is 7.42. The van der Waals surface area contributed by atoms with Crippen molar-refractivity contribution in [3.8, 4) is 0 Å². The normalized spacial score (nSPS) is 18.7. The molecule has 1 atom stereocenters. The fourth-order valence-corrected chi connectivity index (χ4v) is 2.95. The third kappa shape index (κ3) is 3.62. The third-order valence-electron chi connectivity index (χ3n) is 4.17. The highest BCUT2D eigenvalue weighted by Gasteiger charge is 2.25. The van der Waals surface area contributed by atoms with Gasteiger partial charge in [-0.15, -0.1) is 0 Å². The van der Waals surface area contributed by atoms with Gasteiger partial charge >= 0.3 is 0 Å². The van der Waals surface area contributed by atoms with Crippen molar-refractivity contribution >= 4 is 11.8 Å². The van der Waals surface area contributed by atoms with E-state index in [1.54, 1.807) is 0 Å². The summed E-state index contributed by atoms with van der Waals surface area (Å²) in [6, 6.07) is 0.0799. The molecule has 1 aromatic rings. The Morgan fingerprint density at radius 3 is 2.67 bits per heavy atom. The zero-order valence-electron chi connectivity index (χ0n) is 13.3. The first-order valence-electron chi connectivity index (χ1n) is 7.42. The Morgan fingerprint density at radius 2 is 2.10 bits per heavy atom. The smallest absolute Gasteiger partial charge is 0.227 e. The lowest BCUT2D eigenvalue weighted by Gasteiger charge is -2.33. The largest absolute Gasteiger partial charge is 0.352 e. The summed E-state index contributed by atoms with van der Waals surface area (Å²) in [5.74, 6) is 0.0810. The number of hydrogen-bond acceptors (Lipinski definition) is 3. The first kappa shape index (κ1) is 15.5. The Hall–Kier alpha value is -1.85. The topological polar surface area (TPSA) is 67.2 Å². The number of nitrogens with zero attached hydrogens (tertiary/aromatic N) is 3. The highest BCUT2D eigenvalue weighted by Crippen LogP contribution is 2.16. The summed E-state index contributed by atoms with van der Waals surface area (Å²) < 4.78 is 1.81. The molecule has 1 aromatic heterocycles. The van der Waals surface area contributed by atoms with Gasteiger partial charge in [0.25, 0.3) is 0 Å². The van der Waals surface area contributed by atoms with Gasteiger partial charge < -0.3 is 10.2 Å². The maximum Gasteiger partial charge on any atom is 0.227 e. The second-order valence-corrected chi connectivity index (χ2v) is 5.83. The van der Waals surface area contributed by atoms with Gasteiger partial charge in [0.05, 0.1) is 12.1 Å². The van der Waals surface area contributed by atoms with E-state index in [1.807, 2.05) is 30.5 Å². The second-order valence-electron chi connectivity index (χ2n) is 5.83. The molecule has 6 heteroatoms. The van der Waals surface area contributed by atoms with Crippen molar-refractivity contribution in [2.45, 2.75) is 46.1 Å². The summed E-state index contributed by atoms with van der Waals surface area (Å²) in [5.41, 5.74) is 2.97. The fraction of sp³-hybridized carbons (Fsp3) is 0.667. The standard InChI is InChI=1S/C15H24N4O2/c1-10-14(11(2)18(4)17-10)8-15(21)19-7-5-6-13(9-19)16-12(3)20/h13H,5-9H2,1-4H3,(H,16,20)/t13-/m1/s1. The molecule has 0 unspecified atom stereocenters. The highest BCUT2D eigenvalue weighted by molar-refractivity contribution is 5.79. The minimum Gasteiger partial charge on any atom is -0.352 e. The number of likely N-dealkylation sites (tertiary alicyclic amines) is 1. The number of aromatic nitrogens is 2. The van der Waals surface area contributed by atoms with Crippen LogP contribution in [-0.4, -0.2) is 45.6 Å². The van der Waals surface area contributed by atoms with Crippen LogP contribution in [0.1, 0.15) is 36.7 Å². The van der Waals surface area contributed by atoms with Gasteiger partial charge in [-0.3, -0.25) is 14.3 Å². The number of nitrogens with one attached hydrogen (secondary N) is 1. The molecular formula is C15H24N4O2. The molecule has 0 spiro atoms. The number of amides is 2. The zero-order chi connectivity index (χ0) is 15.6. The Labute approximate surface area is 125 Å². The second kappa shape index (κ2) is 6.28. The van der Waals surface area contributed by atoms with Gasteiger partial charge in [0.15, 0.2) is 0 Å². The summed E-state index contributed by atoms with van der Waals surface area (Å²) in [7, 11) is 1.89. The molecule has 1 fully saturated rings. The van der Waals surface area contributed by atoms with Crippen molar-refractivity contribution in [3.63, 3.8) is 0 Å². The number of piperidine rings is 1. The summed E-state index contributed by atoms with van der Waals surface area (Å²) in [6.45, 7) is 6.82. The molecule has 21 heavy (non-hydrogen) atoms. The van der Waals surface area contributed by atoms with Crippen molar-refractivity contribution in [3.05, 3.63) is 17.0 Å². The van der Waals surface area contributed by atoms with Crippen molar-refractivity contribution in [2.75, 3.05) is 13.1 Å². The molecular weight excluding hydrogens is 268 g/mol. The summed E-state index contributed by atoms with van der Waals surface area (Å²) >= 11 is 0. The van der Waals surface area contributed by atoms with Crippen LogP contribution in [0.15, 0.2) is 0 Å². The molecule has 1 aliphatic heterocycles. The van der Waals surface area contributed by atoms with Gasteiger partial charge in [0.1, 0.15) is 0 Å². The molecule has 0 saturated carbocycles. The van der Waals surface area contributed by atoms with Crippen LogP contribution in [0.25, 0.3) is 0 Å². The van der Waals surface area contributed by atoms with Crippen LogP contribution in [0.3, 0.4) is 0 Å². The fourth-order valence-electron chi connectivity index (χ4n) is 2.95. The van der Waals surface area contributed by atoms with Gasteiger partial charge in [-0.25, -0.2) is 0 Å². The Balaban J connectivity index is 2.01. The van der Waals surface area contributed by atoms with Crippen LogP contribution >= 0.6 is 0 Å². The molecule has 1 saturated heterocycles. The molecule has 0 aromatic carbocycles. The van der Waals surface area contributed by atoms with Crippen LogP contribution in [0.5, 0.6) is 0 Å². The van der Waals surface area contributed by atoms with E-state index in [0.29, 0.717) is 13.0 Å². The first-order chi connectivity index (χ1) is 9.88. The third-order valence-corrected chi connectivity index (χ3v) is 4.17. The van der Waals surface area contributed by atoms with E-state index < -0.39 is 0 Å². The average Bonchev–Trinajstić information content (AvgIpc) is 2.65. The van der Waals surface area contributed by atoms with E-state index >= 15 is 0 Å². The summed E-state index contributed by atoms with van der Waals surface area (Å²) in [4.78, 5) is 25.5. The molecule has 116 valence electrons. The molecule has 2 heterocycles. The molecule has 6 nitrogen and oxygen atoms in total. The van der Waals surface area contributed by atoms with Gasteiger partial charge in [-0.2, -0.15) is 5.10 Å². The van der Waals surface area contributed by atoms with Crippen molar-refractivity contribution in [1.29, 1.82) is 0 Å². The van der Waals surface area contributed by atoms with Gasteiger partial charge in [-0.1, -0.05) is 0 Å². The molecule has 1 N–H and O–H groups in total. The Bertz CT molecular complexity index is 550. The quantitative estimate of drug-likeness (QED) is 0.892. The van der Waals surface area contributed by atoms with Crippen LogP contribution in [0.2, 0.25) is 0 Å². The minimum atomic E-state index is -0.0340.